The molecular formula is C28H35ClFN4O9P. The number of rotatable bonds is 16. The molecule has 1 aromatic heterocycles. The van der Waals surface area contributed by atoms with Gasteiger partial charge in [0.2, 0.25) is 0 Å². The van der Waals surface area contributed by atoms with Gasteiger partial charge in [0.15, 0.2) is 11.6 Å². The van der Waals surface area contributed by atoms with E-state index in [-0.39, 0.29) is 43.6 Å². The van der Waals surface area contributed by atoms with E-state index < -0.39 is 44.5 Å². The van der Waals surface area contributed by atoms with Gasteiger partial charge < -0.3 is 24.6 Å². The van der Waals surface area contributed by atoms with Crippen LogP contribution in [0.15, 0.2) is 59.1 Å². The number of anilines is 1. The van der Waals surface area contributed by atoms with Crippen LogP contribution in [0.25, 0.3) is 11.3 Å². The first-order valence-corrected chi connectivity index (χ1v) is 15.5. The van der Waals surface area contributed by atoms with Crippen LogP contribution in [0.4, 0.5) is 19.8 Å². The summed E-state index contributed by atoms with van der Waals surface area (Å²) in [5.41, 5.74) is 1.10. The molecule has 0 unspecified atom stereocenters. The molecule has 3 aromatic rings. The number of urea groups is 1. The van der Waals surface area contributed by atoms with Crippen LogP contribution in [-0.2, 0) is 29.4 Å². The normalized spacial score (nSPS) is 12.8. The Morgan fingerprint density at radius 3 is 2.48 bits per heavy atom. The van der Waals surface area contributed by atoms with Crippen LogP contribution < -0.4 is 10.6 Å². The summed E-state index contributed by atoms with van der Waals surface area (Å²) in [6.45, 7) is 2.39. The zero-order chi connectivity index (χ0) is 32.1. The molecule has 3 N–H and O–H groups in total. The van der Waals surface area contributed by atoms with Gasteiger partial charge in [-0.1, -0.05) is 59.2 Å². The van der Waals surface area contributed by atoms with Gasteiger partial charge in [-0.3, -0.25) is 18.9 Å². The Labute approximate surface area is 259 Å². The number of aliphatic hydroxyl groups excluding tert-OH is 1. The van der Waals surface area contributed by atoms with E-state index in [1.54, 1.807) is 19.9 Å². The van der Waals surface area contributed by atoms with E-state index in [0.29, 0.717) is 11.3 Å². The van der Waals surface area contributed by atoms with Crippen molar-refractivity contribution >= 4 is 37.4 Å². The Hall–Kier alpha value is -3.52. The molecule has 13 nitrogen and oxygen atoms in total. The first-order valence-electron chi connectivity index (χ1n) is 13.7. The van der Waals surface area contributed by atoms with Crippen LogP contribution in [0.3, 0.4) is 0 Å². The van der Waals surface area contributed by atoms with Crippen LogP contribution in [0.2, 0.25) is 5.02 Å². The minimum absolute atomic E-state index is 0.0511. The zero-order valence-electron chi connectivity index (χ0n) is 24.4. The number of nitrogens with one attached hydrogen (secondary N) is 2. The minimum atomic E-state index is -3.91. The highest BCUT2D eigenvalue weighted by Crippen LogP contribution is 2.49. The van der Waals surface area contributed by atoms with Crippen LogP contribution >= 0.6 is 19.4 Å². The predicted octanol–water partition coefficient (Wildman–Crippen LogP) is 5.84. The maximum atomic E-state index is 13.8. The molecular weight excluding hydrogens is 622 g/mol. The van der Waals surface area contributed by atoms with E-state index >= 15 is 0 Å². The summed E-state index contributed by atoms with van der Waals surface area (Å²) < 4.78 is 52.4. The Kier molecular flexibility index (Phi) is 13.6. The van der Waals surface area contributed by atoms with Crippen molar-refractivity contribution in [1.29, 1.82) is 0 Å². The van der Waals surface area contributed by atoms with E-state index in [0.717, 1.165) is 5.56 Å². The molecule has 0 bridgehead atoms. The monoisotopic (exact) mass is 656 g/mol. The lowest BCUT2D eigenvalue weighted by Gasteiger charge is -2.30. The molecule has 0 saturated carbocycles. The third kappa shape index (κ3) is 10.6. The number of amides is 3. The van der Waals surface area contributed by atoms with Crippen LogP contribution in [0.5, 0.6) is 0 Å². The number of benzene rings is 2. The molecule has 240 valence electrons. The molecule has 0 aliphatic rings. The molecule has 3 rings (SSSR count). The number of phosphoric ester groups is 1. The van der Waals surface area contributed by atoms with Gasteiger partial charge in [0.1, 0.15) is 12.4 Å². The van der Waals surface area contributed by atoms with E-state index in [2.05, 4.69) is 15.8 Å². The molecule has 2 aromatic carbocycles. The molecule has 0 saturated heterocycles. The summed E-state index contributed by atoms with van der Waals surface area (Å²) in [5, 5.41) is 19.4. The standard InChI is InChI=1S/C28H35ClFN4O9P/c1-4-40-44(38,41-5-2)42-18-22(35)14-21(34(3)27(36)31-16-20-12-9-13-23(30)26(20)29)17-39-28(37)32-25-15-24(43-33-25)19-10-7-6-8-11-19/h6-13,15,21-22,35H,4-5,14,16-18H2,1-3H3,(H,31,36)(H,32,33,37)/t21-,22+/m0/s1. The van der Waals surface area contributed by atoms with Gasteiger partial charge in [-0.05, 0) is 31.9 Å². The molecule has 0 aliphatic heterocycles. The molecule has 2 atom stereocenters. The summed E-state index contributed by atoms with van der Waals surface area (Å²) in [6, 6.07) is 13.3. The SMILES string of the molecule is CCOP(=O)(OCC)OC[C@H](O)C[C@@H](COC(=O)Nc1cc(-c2ccccc2)on1)N(C)C(=O)NCc1cccc(F)c1Cl. The number of hydrogen-bond donors (Lipinski definition) is 3. The average molecular weight is 657 g/mol. The summed E-state index contributed by atoms with van der Waals surface area (Å²) in [7, 11) is -2.50. The van der Waals surface area contributed by atoms with Crippen molar-refractivity contribution in [1.82, 2.24) is 15.4 Å². The predicted molar refractivity (Wildman–Crippen MR) is 160 cm³/mol. The molecule has 0 fully saturated rings. The van der Waals surface area contributed by atoms with Crippen molar-refractivity contribution in [2.24, 2.45) is 0 Å². The van der Waals surface area contributed by atoms with Gasteiger partial charge in [0, 0.05) is 25.2 Å². The fourth-order valence-electron chi connectivity index (χ4n) is 3.86. The fraction of sp³-hybridized carbons (Fsp3) is 0.393. The summed E-state index contributed by atoms with van der Waals surface area (Å²) in [5.74, 6) is -0.112. The Morgan fingerprint density at radius 2 is 1.80 bits per heavy atom. The third-order valence-corrected chi connectivity index (χ3v) is 8.12. The van der Waals surface area contributed by atoms with Crippen molar-refractivity contribution < 1.29 is 46.5 Å². The molecule has 0 spiro atoms. The van der Waals surface area contributed by atoms with E-state index in [1.165, 1.54) is 30.1 Å². The number of phosphoric acid groups is 1. The lowest BCUT2D eigenvalue weighted by Crippen LogP contribution is -2.47. The van der Waals surface area contributed by atoms with Gasteiger partial charge in [-0.25, -0.2) is 18.5 Å². The van der Waals surface area contributed by atoms with E-state index in [4.69, 9.17) is 34.4 Å². The Balaban J connectivity index is 1.65. The number of hydrogen-bond acceptors (Lipinski definition) is 10. The van der Waals surface area contributed by atoms with Gasteiger partial charge in [-0.2, -0.15) is 0 Å². The first kappa shape index (κ1) is 35.0. The molecule has 0 aliphatic carbocycles. The first-order chi connectivity index (χ1) is 21.0. The third-order valence-electron chi connectivity index (χ3n) is 6.08. The number of ether oxygens (including phenoxy) is 1. The highest BCUT2D eigenvalue weighted by atomic mass is 35.5. The second-order valence-corrected chi connectivity index (χ2v) is 11.3. The number of halogens is 2. The highest BCUT2D eigenvalue weighted by molar-refractivity contribution is 7.48. The van der Waals surface area contributed by atoms with Crippen LogP contribution in [-0.4, -0.2) is 72.9 Å². The van der Waals surface area contributed by atoms with Crippen molar-refractivity contribution in [2.75, 3.05) is 38.8 Å². The number of nitrogens with zero attached hydrogens (tertiary/aromatic N) is 2. The van der Waals surface area contributed by atoms with Crippen molar-refractivity contribution in [2.45, 2.75) is 39.0 Å². The number of aliphatic hydroxyl groups is 1. The van der Waals surface area contributed by atoms with Gasteiger partial charge in [0.05, 0.1) is 37.0 Å². The van der Waals surface area contributed by atoms with Gasteiger partial charge in [-0.15, -0.1) is 0 Å². The smallest absolute Gasteiger partial charge is 0.447 e. The van der Waals surface area contributed by atoms with E-state index in [1.807, 2.05) is 30.3 Å². The van der Waals surface area contributed by atoms with Crippen LogP contribution in [0, 0.1) is 5.82 Å². The molecule has 44 heavy (non-hydrogen) atoms. The van der Waals surface area contributed by atoms with Crippen molar-refractivity contribution in [3.05, 3.63) is 71.0 Å². The van der Waals surface area contributed by atoms with Gasteiger partial charge in [0.25, 0.3) is 0 Å². The lowest BCUT2D eigenvalue weighted by atomic mass is 10.1. The summed E-state index contributed by atoms with van der Waals surface area (Å²) >= 11 is 5.98. The molecule has 1 heterocycles. The van der Waals surface area contributed by atoms with Crippen molar-refractivity contribution in [3.8, 4) is 11.3 Å². The fourth-order valence-corrected chi connectivity index (χ4v) is 5.26. The minimum Gasteiger partial charge on any atom is -0.447 e. The van der Waals surface area contributed by atoms with Crippen LogP contribution in [0.1, 0.15) is 25.8 Å². The average Bonchev–Trinajstić information content (AvgIpc) is 3.47. The Bertz CT molecular complexity index is 1400. The maximum Gasteiger partial charge on any atom is 0.474 e. The topological polar surface area (TPSA) is 162 Å². The largest absolute Gasteiger partial charge is 0.474 e. The molecule has 3 amide bonds. The number of likely N-dealkylation sites (N-methyl/N-ethyl adjacent to an activating group) is 1. The summed E-state index contributed by atoms with van der Waals surface area (Å²) in [6.07, 6.45) is -2.35. The second-order valence-electron chi connectivity index (χ2n) is 9.27. The van der Waals surface area contributed by atoms with E-state index in [9.17, 15) is 23.7 Å². The quantitative estimate of drug-likeness (QED) is 0.160. The Morgan fingerprint density at radius 1 is 1.09 bits per heavy atom. The number of aromatic nitrogens is 1. The van der Waals surface area contributed by atoms with Gasteiger partial charge >= 0.3 is 19.9 Å². The van der Waals surface area contributed by atoms with Crippen molar-refractivity contribution in [3.63, 3.8) is 0 Å². The summed E-state index contributed by atoms with van der Waals surface area (Å²) in [4.78, 5) is 26.8. The second kappa shape index (κ2) is 17.1. The maximum absolute atomic E-state index is 13.8. The highest BCUT2D eigenvalue weighted by Gasteiger charge is 2.30. The lowest BCUT2D eigenvalue weighted by molar-refractivity contribution is 0.0353. The molecule has 0 radical (unpaired) electrons. The zero-order valence-corrected chi connectivity index (χ0v) is 26.1. The number of carbonyl (C=O) groups excluding carboxylic acids is 2. The molecule has 16 heteroatoms. The number of carbonyl (C=O) groups is 2.